The van der Waals surface area contributed by atoms with Crippen LogP contribution in [0.15, 0.2) is 0 Å². The van der Waals surface area contributed by atoms with Crippen LogP contribution in [-0.2, 0) is 14.6 Å². The molecule has 4 saturated carbocycles. The molecule has 0 aromatic carbocycles. The summed E-state index contributed by atoms with van der Waals surface area (Å²) in [6.07, 6.45) is 18.3. The second-order valence-electron chi connectivity index (χ2n) is 16.9. The van der Waals surface area contributed by atoms with Crippen molar-refractivity contribution in [1.82, 2.24) is 16.0 Å². The number of nitrogens with two attached hydrogens (primary N) is 1. The van der Waals surface area contributed by atoms with E-state index in [1.807, 2.05) is 13.8 Å². The minimum absolute atomic E-state index is 0.0506. The molecule has 0 aromatic rings. The van der Waals surface area contributed by atoms with E-state index in [0.717, 1.165) is 75.8 Å². The Kier molecular flexibility index (Phi) is 14.7. The van der Waals surface area contributed by atoms with Gasteiger partial charge in [0.2, 0.25) is 0 Å². The fourth-order valence-corrected chi connectivity index (χ4v) is 11.8. The second kappa shape index (κ2) is 17.6. The Morgan fingerprint density at radius 1 is 0.804 bits per heavy atom. The van der Waals surface area contributed by atoms with Crippen LogP contribution in [-0.4, -0.2) is 64.4 Å². The molecule has 0 bridgehead atoms. The number of hydrogen-bond acceptors (Lipinski definition) is 7. The third-order valence-electron chi connectivity index (χ3n) is 13.8. The van der Waals surface area contributed by atoms with Crippen molar-refractivity contribution in [2.24, 2.45) is 58.0 Å². The highest BCUT2D eigenvalue weighted by molar-refractivity contribution is 7.80. The number of hydrogen-bond donors (Lipinski definition) is 5. The van der Waals surface area contributed by atoms with Gasteiger partial charge in [0, 0.05) is 6.04 Å². The standard InChI is InChI=1S/C37H72N4O4S/c1-27(2)35(45-46(42,43)44)15-10-28(3)32-13-14-33-31-12-11-29-26-30(16-18-36(29,4)34(31)17-19-37(32,33)5)41-25-9-24-40-22-7-6-21-39-23-8-20-38/h27-35,39-41H,6-26,38H2,1-5H3,(H,42,43,44)/t28-,29?,30+,31?,32?,33?,34?,35-,36+,37-/m1/s1. The van der Waals surface area contributed by atoms with Gasteiger partial charge in [0.1, 0.15) is 0 Å². The van der Waals surface area contributed by atoms with Crippen molar-refractivity contribution < 1.29 is 17.2 Å². The van der Waals surface area contributed by atoms with Crippen LogP contribution >= 0.6 is 0 Å². The van der Waals surface area contributed by atoms with E-state index in [4.69, 9.17) is 9.92 Å². The van der Waals surface area contributed by atoms with E-state index in [-0.39, 0.29) is 5.92 Å². The number of nitrogens with one attached hydrogen (secondary N) is 3. The lowest BCUT2D eigenvalue weighted by Gasteiger charge is -2.61. The van der Waals surface area contributed by atoms with Crippen LogP contribution in [0.3, 0.4) is 0 Å². The molecule has 4 aliphatic rings. The molecule has 4 aliphatic carbocycles. The zero-order valence-electron chi connectivity index (χ0n) is 30.2. The molecule has 0 aliphatic heterocycles. The maximum Gasteiger partial charge on any atom is 0.397 e. The molecule has 6 N–H and O–H groups in total. The van der Waals surface area contributed by atoms with Crippen LogP contribution < -0.4 is 21.7 Å². The van der Waals surface area contributed by atoms with Crippen molar-refractivity contribution >= 4 is 10.4 Å². The van der Waals surface area contributed by atoms with Crippen LogP contribution in [0.25, 0.3) is 0 Å². The minimum atomic E-state index is -4.42. The van der Waals surface area contributed by atoms with Gasteiger partial charge in [-0.2, -0.15) is 8.42 Å². The van der Waals surface area contributed by atoms with E-state index in [1.54, 1.807) is 0 Å². The first-order valence-electron chi connectivity index (χ1n) is 19.4. The van der Waals surface area contributed by atoms with E-state index in [2.05, 4.69) is 36.7 Å². The van der Waals surface area contributed by atoms with Crippen LogP contribution in [0.4, 0.5) is 0 Å². The first-order valence-corrected chi connectivity index (χ1v) is 20.8. The van der Waals surface area contributed by atoms with Gasteiger partial charge < -0.3 is 21.7 Å². The van der Waals surface area contributed by atoms with Gasteiger partial charge >= 0.3 is 10.4 Å². The van der Waals surface area contributed by atoms with Crippen molar-refractivity contribution in [2.75, 3.05) is 39.3 Å². The van der Waals surface area contributed by atoms with E-state index < -0.39 is 16.5 Å². The highest BCUT2D eigenvalue weighted by Crippen LogP contribution is 2.68. The summed E-state index contributed by atoms with van der Waals surface area (Å²) in [4.78, 5) is 0. The maximum absolute atomic E-state index is 11.4. The van der Waals surface area contributed by atoms with Gasteiger partial charge in [-0.25, -0.2) is 4.18 Å². The topological polar surface area (TPSA) is 126 Å². The fraction of sp³-hybridized carbons (Fsp3) is 1.00. The van der Waals surface area contributed by atoms with Crippen LogP contribution in [0.2, 0.25) is 0 Å². The first kappa shape index (κ1) is 38.5. The average Bonchev–Trinajstić information content (AvgIpc) is 3.36. The highest BCUT2D eigenvalue weighted by atomic mass is 32.3. The molecule has 0 aromatic heterocycles. The summed E-state index contributed by atoms with van der Waals surface area (Å²) < 4.78 is 37.2. The van der Waals surface area contributed by atoms with Crippen LogP contribution in [0.5, 0.6) is 0 Å². The summed E-state index contributed by atoms with van der Waals surface area (Å²) in [5, 5.41) is 11.1. The Balaban J connectivity index is 1.19. The lowest BCUT2D eigenvalue weighted by Crippen LogP contribution is -2.55. The zero-order valence-corrected chi connectivity index (χ0v) is 31.0. The van der Waals surface area contributed by atoms with Gasteiger partial charge in [-0.3, -0.25) is 4.55 Å². The quantitative estimate of drug-likeness (QED) is 0.0730. The molecular formula is C37H72N4O4S. The van der Waals surface area contributed by atoms with Gasteiger partial charge in [0.25, 0.3) is 0 Å². The lowest BCUT2D eigenvalue weighted by molar-refractivity contribution is -0.118. The van der Waals surface area contributed by atoms with Gasteiger partial charge in [0.05, 0.1) is 6.10 Å². The molecule has 0 radical (unpaired) electrons. The normalized spacial score (nSPS) is 35.8. The third kappa shape index (κ3) is 9.91. The maximum atomic E-state index is 11.4. The molecular weight excluding hydrogens is 596 g/mol. The predicted octanol–water partition coefficient (Wildman–Crippen LogP) is 6.56. The molecule has 5 unspecified atom stereocenters. The van der Waals surface area contributed by atoms with Crippen LogP contribution in [0.1, 0.15) is 131 Å². The second-order valence-corrected chi connectivity index (χ2v) is 17.9. The van der Waals surface area contributed by atoms with E-state index >= 15 is 0 Å². The number of fused-ring (bicyclic) bond motifs is 5. The van der Waals surface area contributed by atoms with Crippen molar-refractivity contribution in [2.45, 2.75) is 143 Å². The number of unbranched alkanes of at least 4 members (excludes halogenated alkanes) is 1. The summed E-state index contributed by atoms with van der Waals surface area (Å²) in [5.74, 6) is 4.74. The molecule has 46 heavy (non-hydrogen) atoms. The van der Waals surface area contributed by atoms with Gasteiger partial charge in [-0.05, 0) is 188 Å². The zero-order chi connectivity index (χ0) is 33.4. The number of rotatable bonds is 20. The Morgan fingerprint density at radius 2 is 1.46 bits per heavy atom. The Hall–Kier alpha value is -0.290. The highest BCUT2D eigenvalue weighted by Gasteiger charge is 2.60. The summed E-state index contributed by atoms with van der Waals surface area (Å²) >= 11 is 0. The SMILES string of the molecule is CC(C)[C@@H](CC[C@@H](C)C1CCC2C3CCC4C[C@@H](NCCCNCCCCNCCCN)CC[C@]4(C)C3CC[C@@]21C)OS(=O)(=O)O. The molecule has 0 saturated heterocycles. The summed E-state index contributed by atoms with van der Waals surface area (Å²) in [6.45, 7) is 17.9. The van der Waals surface area contributed by atoms with Gasteiger partial charge in [-0.15, -0.1) is 0 Å². The fourth-order valence-electron chi connectivity index (χ4n) is 11.2. The van der Waals surface area contributed by atoms with Crippen molar-refractivity contribution in [3.63, 3.8) is 0 Å². The Bertz CT molecular complexity index is 1010. The summed E-state index contributed by atoms with van der Waals surface area (Å²) in [5.41, 5.74) is 6.44. The lowest BCUT2D eigenvalue weighted by atomic mass is 9.44. The molecule has 270 valence electrons. The molecule has 0 spiro atoms. The molecule has 10 atom stereocenters. The molecule has 8 nitrogen and oxygen atoms in total. The Labute approximate surface area is 283 Å². The smallest absolute Gasteiger partial charge is 0.330 e. The van der Waals surface area contributed by atoms with E-state index in [9.17, 15) is 13.0 Å². The largest absolute Gasteiger partial charge is 0.397 e. The van der Waals surface area contributed by atoms with E-state index in [0.29, 0.717) is 35.1 Å². The van der Waals surface area contributed by atoms with Gasteiger partial charge in [0.15, 0.2) is 0 Å². The summed E-state index contributed by atoms with van der Waals surface area (Å²) in [6, 6.07) is 0.694. The van der Waals surface area contributed by atoms with Crippen LogP contribution in [0, 0.1) is 52.3 Å². The minimum Gasteiger partial charge on any atom is -0.330 e. The van der Waals surface area contributed by atoms with Crippen molar-refractivity contribution in [3.8, 4) is 0 Å². The van der Waals surface area contributed by atoms with Crippen molar-refractivity contribution in [3.05, 3.63) is 0 Å². The third-order valence-corrected chi connectivity index (χ3v) is 14.3. The first-order chi connectivity index (χ1) is 21.9. The van der Waals surface area contributed by atoms with Gasteiger partial charge in [-0.1, -0.05) is 34.6 Å². The molecule has 9 heteroatoms. The Morgan fingerprint density at radius 3 is 2.13 bits per heavy atom. The molecule has 0 heterocycles. The monoisotopic (exact) mass is 669 g/mol. The molecule has 0 amide bonds. The summed E-state index contributed by atoms with van der Waals surface area (Å²) in [7, 11) is -4.42. The van der Waals surface area contributed by atoms with Crippen molar-refractivity contribution in [1.29, 1.82) is 0 Å². The molecule has 4 fully saturated rings. The predicted molar refractivity (Wildman–Crippen MR) is 190 cm³/mol. The molecule has 4 rings (SSSR count). The average molecular weight is 669 g/mol. The van der Waals surface area contributed by atoms with E-state index in [1.165, 1.54) is 77.0 Å².